The van der Waals surface area contributed by atoms with Gasteiger partial charge in [0.2, 0.25) is 12.6 Å². The summed E-state index contributed by atoms with van der Waals surface area (Å²) >= 11 is 0. The van der Waals surface area contributed by atoms with Gasteiger partial charge in [0.1, 0.15) is 90.9 Å². The van der Waals surface area contributed by atoms with Crippen molar-refractivity contribution in [3.05, 3.63) is 11.6 Å². The van der Waals surface area contributed by atoms with Crippen LogP contribution >= 0.6 is 0 Å². The molecule has 476 valence electrons. The lowest BCUT2D eigenvalue weighted by Crippen LogP contribution is -2.68. The fourth-order valence-electron chi connectivity index (χ4n) is 17.4. The standard InChI is InChI=1S/C58H94O25/c1-24-44(79-49-40(69)36(65)35(64)30(21-59)77-49)37(66)41(70)48(75-24)80-46-45(82-83-50-42(71)38(67)43(25(2)76-50)78-47-39(68)34(63)28(60)22-73-47)29(61)23-74-51(46)81-52(72)58-18-17-53(3,4)19-27(58)26-11-12-32-55(7)15-10-14-54(5,6)31(55)13-16-56(32,8)57(26,9)20-33(58)62/h11,24-25,27-51,59-71H,10,12-23H2,1-9H3/t24-,25-,27-,28+,29-,30+,31-,32+,33+,34-,35+,36-,37-,38-,39+,40+,41+,42+,43-,44-,45-,46+,47-,48-,49-,50-,51-,55-,56+,57+,58+/m0/s1. The van der Waals surface area contributed by atoms with Gasteiger partial charge in [0.15, 0.2) is 31.1 Å². The van der Waals surface area contributed by atoms with Gasteiger partial charge in [0.25, 0.3) is 0 Å². The molecule has 13 N–H and O–H groups in total. The summed E-state index contributed by atoms with van der Waals surface area (Å²) in [5, 5.41) is 143. The molecular formula is C58H94O25. The molecule has 5 heterocycles. The van der Waals surface area contributed by atoms with E-state index < -0.39 is 190 Å². The maximum absolute atomic E-state index is 15.7. The molecule has 83 heavy (non-hydrogen) atoms. The van der Waals surface area contributed by atoms with E-state index in [1.54, 1.807) is 0 Å². The Kier molecular flexibility index (Phi) is 18.3. The van der Waals surface area contributed by atoms with Crippen LogP contribution < -0.4 is 0 Å². The SMILES string of the molecule is C[C@@H]1O[C@@H](O[C@H]2[C@H](OC(=O)[C@]34CCC(C)(C)C[C@H]3C3=CC[C@@H]5[C@@]6(C)CCCC(C)(C)[C@@H]6CC[C@@]5(C)[C@]3(C)C[C@H]4O)OC[C@H](O)[C@@H]2OO[C@@H]2O[C@@H](C)[C@H](O[C@@H]3OC[C@@H](O)[C@H](O)[C@H]3O)[C@@H](O)[C@H]2O)[C@H](O)[C@H](O)[C@H]1O[C@@H]1O[C@H](CO)[C@@H](O)[C@H](O)[C@H]1O. The lowest BCUT2D eigenvalue weighted by atomic mass is 9.33. The van der Waals surface area contributed by atoms with Crippen molar-refractivity contribution in [1.82, 2.24) is 0 Å². The highest BCUT2D eigenvalue weighted by molar-refractivity contribution is 5.80. The molecule has 25 heteroatoms. The van der Waals surface area contributed by atoms with Crippen LogP contribution in [0.4, 0.5) is 0 Å². The second-order valence-electron chi connectivity index (χ2n) is 28.3. The average molecular weight is 1190 g/mol. The van der Waals surface area contributed by atoms with Gasteiger partial charge in [-0.15, -0.1) is 0 Å². The second kappa shape index (κ2) is 23.6. The zero-order chi connectivity index (χ0) is 60.4. The number of aliphatic hydroxyl groups excluding tert-OH is 13. The van der Waals surface area contributed by atoms with Crippen molar-refractivity contribution in [3.63, 3.8) is 0 Å². The molecule has 0 aromatic carbocycles. The molecule has 0 spiro atoms. The van der Waals surface area contributed by atoms with E-state index in [4.69, 9.17) is 52.4 Å². The quantitative estimate of drug-likeness (QED) is 0.0485. The zero-order valence-corrected chi connectivity index (χ0v) is 49.1. The minimum atomic E-state index is -2.05. The molecule has 0 bridgehead atoms. The molecule has 0 amide bonds. The van der Waals surface area contributed by atoms with Gasteiger partial charge in [-0.2, -0.15) is 0 Å². The first-order valence-corrected chi connectivity index (χ1v) is 30.0. The maximum Gasteiger partial charge on any atom is 0.317 e. The van der Waals surface area contributed by atoms with Crippen molar-refractivity contribution in [2.45, 2.75) is 274 Å². The van der Waals surface area contributed by atoms with E-state index in [1.165, 1.54) is 20.3 Å². The van der Waals surface area contributed by atoms with Crippen LogP contribution in [0, 0.1) is 50.2 Å². The van der Waals surface area contributed by atoms with Crippen molar-refractivity contribution in [2.75, 3.05) is 19.8 Å². The summed E-state index contributed by atoms with van der Waals surface area (Å²) < 4.78 is 53.4. The minimum Gasteiger partial charge on any atom is -0.432 e. The average Bonchev–Trinajstić information content (AvgIpc) is 1.76. The molecule has 0 aromatic rings. The predicted octanol–water partition coefficient (Wildman–Crippen LogP) is -0.946. The number of esters is 1. The van der Waals surface area contributed by atoms with E-state index in [0.29, 0.717) is 24.7 Å². The summed E-state index contributed by atoms with van der Waals surface area (Å²) in [6, 6.07) is 0. The number of carbonyl (C=O) groups excluding carboxylic acids is 1. The third-order valence-electron chi connectivity index (χ3n) is 22.4. The van der Waals surface area contributed by atoms with E-state index >= 15 is 4.79 Å². The highest BCUT2D eigenvalue weighted by Gasteiger charge is 2.72. The van der Waals surface area contributed by atoms with Crippen molar-refractivity contribution < 1.29 is 124 Å². The van der Waals surface area contributed by atoms with Crippen LogP contribution in [0.1, 0.15) is 127 Å². The van der Waals surface area contributed by atoms with Crippen molar-refractivity contribution >= 4 is 5.97 Å². The van der Waals surface area contributed by atoms with Gasteiger partial charge in [-0.1, -0.05) is 66.5 Å². The molecule has 0 aromatic heterocycles. The molecule has 0 radical (unpaired) electrons. The Balaban J connectivity index is 0.928. The summed E-state index contributed by atoms with van der Waals surface area (Å²) in [5.74, 6) is -0.395. The van der Waals surface area contributed by atoms with Gasteiger partial charge in [0, 0.05) is 0 Å². The first-order chi connectivity index (χ1) is 38.8. The number of rotatable bonds is 12. The van der Waals surface area contributed by atoms with E-state index in [-0.39, 0.29) is 34.5 Å². The van der Waals surface area contributed by atoms with Crippen LogP contribution in [0.2, 0.25) is 0 Å². The van der Waals surface area contributed by atoms with Gasteiger partial charge in [-0.05, 0) is 116 Å². The van der Waals surface area contributed by atoms with Crippen LogP contribution in [0.15, 0.2) is 11.6 Å². The molecule has 31 atom stereocenters. The molecule has 10 aliphatic rings. The van der Waals surface area contributed by atoms with Gasteiger partial charge >= 0.3 is 5.97 Å². The Bertz CT molecular complexity index is 2310. The topological polar surface area (TPSA) is 382 Å². The summed E-state index contributed by atoms with van der Waals surface area (Å²) in [7, 11) is 0. The third kappa shape index (κ3) is 10.9. The lowest BCUT2D eigenvalue weighted by Gasteiger charge is -2.71. The molecular weight excluding hydrogens is 1100 g/mol. The highest BCUT2D eigenvalue weighted by atomic mass is 17.2. The first kappa shape index (κ1) is 64.3. The molecule has 4 saturated carbocycles. The molecule has 0 unspecified atom stereocenters. The molecule has 5 aliphatic heterocycles. The second-order valence-corrected chi connectivity index (χ2v) is 28.3. The monoisotopic (exact) mass is 1190 g/mol. The minimum absolute atomic E-state index is 0.0772. The van der Waals surface area contributed by atoms with Crippen LogP contribution in [0.3, 0.4) is 0 Å². The molecule has 10 rings (SSSR count). The number of allylic oxidation sites excluding steroid dienone is 2. The molecule has 25 nitrogen and oxygen atoms in total. The Morgan fingerprint density at radius 3 is 1.82 bits per heavy atom. The summed E-state index contributed by atoms with van der Waals surface area (Å²) in [6.07, 6.45) is -29.7. The Morgan fingerprint density at radius 1 is 0.566 bits per heavy atom. The first-order valence-electron chi connectivity index (χ1n) is 30.0. The van der Waals surface area contributed by atoms with E-state index in [1.807, 2.05) is 0 Å². The number of ether oxygens (including phenoxy) is 9. The van der Waals surface area contributed by atoms with Crippen LogP contribution in [0.5, 0.6) is 0 Å². The third-order valence-corrected chi connectivity index (χ3v) is 22.4. The van der Waals surface area contributed by atoms with Crippen LogP contribution in [0.25, 0.3) is 0 Å². The Morgan fingerprint density at radius 2 is 1.14 bits per heavy atom. The molecule has 5 saturated heterocycles. The van der Waals surface area contributed by atoms with Gasteiger partial charge in [0.05, 0.1) is 38.1 Å². The predicted molar refractivity (Wildman–Crippen MR) is 282 cm³/mol. The largest absolute Gasteiger partial charge is 0.432 e. The lowest BCUT2D eigenvalue weighted by molar-refractivity contribution is -0.469. The van der Waals surface area contributed by atoms with Crippen molar-refractivity contribution in [1.29, 1.82) is 0 Å². The number of aliphatic hydroxyl groups is 13. The fourth-order valence-corrected chi connectivity index (χ4v) is 17.4. The van der Waals surface area contributed by atoms with Gasteiger partial charge < -0.3 is 109 Å². The summed E-state index contributed by atoms with van der Waals surface area (Å²) in [5.41, 5.74) is -1.03. The summed E-state index contributed by atoms with van der Waals surface area (Å²) in [6.45, 7) is 17.4. The van der Waals surface area contributed by atoms with Gasteiger partial charge in [-0.25, -0.2) is 9.78 Å². The maximum atomic E-state index is 15.7. The Labute approximate surface area is 483 Å². The normalized spacial score (nSPS) is 54.2. The number of hydrogen-bond acceptors (Lipinski definition) is 25. The number of fused-ring (bicyclic) bond motifs is 7. The van der Waals surface area contributed by atoms with Crippen LogP contribution in [-0.2, 0) is 57.2 Å². The van der Waals surface area contributed by atoms with Crippen molar-refractivity contribution in [3.8, 4) is 0 Å². The number of hydrogen-bond donors (Lipinski definition) is 13. The molecule has 9 fully saturated rings. The smallest absolute Gasteiger partial charge is 0.317 e. The van der Waals surface area contributed by atoms with E-state index in [0.717, 1.165) is 37.7 Å². The van der Waals surface area contributed by atoms with Crippen molar-refractivity contribution in [2.24, 2.45) is 50.2 Å². The molecule has 5 aliphatic carbocycles. The summed E-state index contributed by atoms with van der Waals surface area (Å²) in [4.78, 5) is 27.3. The van der Waals surface area contributed by atoms with Crippen LogP contribution in [-0.4, -0.2) is 240 Å². The van der Waals surface area contributed by atoms with E-state index in [2.05, 4.69) is 54.5 Å². The fraction of sp³-hybridized carbons (Fsp3) is 0.948. The van der Waals surface area contributed by atoms with Gasteiger partial charge in [-0.3, -0.25) is 4.79 Å². The Hall–Kier alpha value is -1.71. The number of carbonyl (C=O) groups is 1. The van der Waals surface area contributed by atoms with E-state index in [9.17, 15) is 66.4 Å². The highest BCUT2D eigenvalue weighted by Crippen LogP contribution is 2.76. The zero-order valence-electron chi connectivity index (χ0n) is 49.1.